The summed E-state index contributed by atoms with van der Waals surface area (Å²) in [6.45, 7) is 3.19. The first-order chi connectivity index (χ1) is 8.65. The zero-order valence-corrected chi connectivity index (χ0v) is 10.1. The number of ether oxygens (including phenoxy) is 1. The number of carbonyl (C=O) groups is 1. The number of rotatable bonds is 3. The minimum absolute atomic E-state index is 0.0669. The van der Waals surface area contributed by atoms with E-state index in [1.54, 1.807) is 6.20 Å². The molecule has 1 aromatic heterocycles. The Balaban J connectivity index is 2.40. The molecule has 98 valence electrons. The standard InChI is InChI=1S/C11H15N3O4/c1-2-13-4-3-12-9(10(13)15)14-5-6-18-7-8(14)11(16)17/h3-4,8H,2,5-7H2,1H3,(H,16,17). The third-order valence-electron chi connectivity index (χ3n) is 2.92. The van der Waals surface area contributed by atoms with E-state index in [2.05, 4.69) is 4.98 Å². The van der Waals surface area contributed by atoms with Gasteiger partial charge >= 0.3 is 5.97 Å². The molecule has 0 radical (unpaired) electrons. The van der Waals surface area contributed by atoms with Gasteiger partial charge in [0.25, 0.3) is 5.56 Å². The zero-order valence-electron chi connectivity index (χ0n) is 10.1. The summed E-state index contributed by atoms with van der Waals surface area (Å²) in [4.78, 5) is 28.8. The molecule has 1 fully saturated rings. The molecule has 0 bridgehead atoms. The molecule has 7 nitrogen and oxygen atoms in total. The van der Waals surface area contributed by atoms with Crippen molar-refractivity contribution in [2.24, 2.45) is 0 Å². The van der Waals surface area contributed by atoms with Gasteiger partial charge in [-0.15, -0.1) is 0 Å². The largest absolute Gasteiger partial charge is 0.480 e. The minimum atomic E-state index is -1.01. The third-order valence-corrected chi connectivity index (χ3v) is 2.92. The van der Waals surface area contributed by atoms with Crippen LogP contribution in [0.3, 0.4) is 0 Å². The number of aliphatic carboxylic acids is 1. The second kappa shape index (κ2) is 5.18. The van der Waals surface area contributed by atoms with Crippen LogP contribution in [0, 0.1) is 0 Å². The van der Waals surface area contributed by atoms with Crippen LogP contribution in [0.1, 0.15) is 6.92 Å². The van der Waals surface area contributed by atoms with E-state index in [0.717, 1.165) is 0 Å². The molecule has 7 heteroatoms. The van der Waals surface area contributed by atoms with E-state index < -0.39 is 12.0 Å². The van der Waals surface area contributed by atoms with Gasteiger partial charge in [0.15, 0.2) is 11.9 Å². The smallest absolute Gasteiger partial charge is 0.328 e. The lowest BCUT2D eigenvalue weighted by molar-refractivity contribution is -0.141. The van der Waals surface area contributed by atoms with Crippen LogP contribution in [0.4, 0.5) is 5.82 Å². The van der Waals surface area contributed by atoms with Gasteiger partial charge in [0.1, 0.15) is 0 Å². The first-order valence-electron chi connectivity index (χ1n) is 5.77. The molecule has 0 aromatic carbocycles. The van der Waals surface area contributed by atoms with Gasteiger partial charge in [-0.25, -0.2) is 9.78 Å². The summed E-state index contributed by atoms with van der Waals surface area (Å²) >= 11 is 0. The summed E-state index contributed by atoms with van der Waals surface area (Å²) in [5.41, 5.74) is -0.270. The summed E-state index contributed by atoms with van der Waals surface area (Å²) < 4.78 is 6.63. The second-order valence-corrected chi connectivity index (χ2v) is 3.96. The number of anilines is 1. The average Bonchev–Trinajstić information content (AvgIpc) is 2.39. The number of aromatic nitrogens is 2. The molecule has 0 amide bonds. The highest BCUT2D eigenvalue weighted by Crippen LogP contribution is 2.13. The van der Waals surface area contributed by atoms with Gasteiger partial charge < -0.3 is 19.3 Å². The SMILES string of the molecule is CCn1ccnc(N2CCOCC2C(=O)O)c1=O. The molecule has 1 saturated heterocycles. The van der Waals surface area contributed by atoms with Crippen LogP contribution in [0.15, 0.2) is 17.2 Å². The van der Waals surface area contributed by atoms with E-state index >= 15 is 0 Å². The zero-order chi connectivity index (χ0) is 13.1. The first kappa shape index (κ1) is 12.6. The predicted octanol–water partition coefficient (Wildman–Crippen LogP) is -0.447. The summed E-state index contributed by atoms with van der Waals surface area (Å²) in [6, 6.07) is -0.855. The van der Waals surface area contributed by atoms with Crippen LogP contribution in [-0.4, -0.2) is 46.4 Å². The van der Waals surface area contributed by atoms with Gasteiger partial charge in [0.2, 0.25) is 0 Å². The number of morpholine rings is 1. The van der Waals surface area contributed by atoms with Crippen molar-refractivity contribution in [2.75, 3.05) is 24.7 Å². The fourth-order valence-electron chi connectivity index (χ4n) is 1.94. The Morgan fingerprint density at radius 1 is 1.67 bits per heavy atom. The normalized spacial score (nSPS) is 19.8. The number of carboxylic acids is 1. The van der Waals surface area contributed by atoms with Gasteiger partial charge in [-0.3, -0.25) is 4.79 Å². The predicted molar refractivity (Wildman–Crippen MR) is 63.8 cm³/mol. The van der Waals surface area contributed by atoms with Crippen molar-refractivity contribution in [2.45, 2.75) is 19.5 Å². The molecule has 1 aliphatic rings. The lowest BCUT2D eigenvalue weighted by atomic mass is 10.2. The lowest BCUT2D eigenvalue weighted by Gasteiger charge is -2.33. The lowest BCUT2D eigenvalue weighted by Crippen LogP contribution is -2.52. The van der Waals surface area contributed by atoms with Gasteiger partial charge in [0.05, 0.1) is 13.2 Å². The van der Waals surface area contributed by atoms with Crippen molar-refractivity contribution in [1.82, 2.24) is 9.55 Å². The Morgan fingerprint density at radius 2 is 2.44 bits per heavy atom. The Morgan fingerprint density at radius 3 is 3.11 bits per heavy atom. The number of aryl methyl sites for hydroxylation is 1. The van der Waals surface area contributed by atoms with Crippen LogP contribution in [0.25, 0.3) is 0 Å². The summed E-state index contributed by atoms with van der Waals surface area (Å²) in [6.07, 6.45) is 3.09. The molecule has 0 spiro atoms. The van der Waals surface area contributed by atoms with E-state index in [1.165, 1.54) is 15.7 Å². The van der Waals surface area contributed by atoms with Crippen LogP contribution in [0.5, 0.6) is 0 Å². The van der Waals surface area contributed by atoms with Crippen molar-refractivity contribution in [3.05, 3.63) is 22.7 Å². The molecular weight excluding hydrogens is 238 g/mol. The average molecular weight is 253 g/mol. The van der Waals surface area contributed by atoms with E-state index in [4.69, 9.17) is 9.84 Å². The third kappa shape index (κ3) is 2.21. The van der Waals surface area contributed by atoms with Crippen molar-refractivity contribution < 1.29 is 14.6 Å². The topological polar surface area (TPSA) is 84.7 Å². The van der Waals surface area contributed by atoms with Gasteiger partial charge in [-0.05, 0) is 6.92 Å². The monoisotopic (exact) mass is 253 g/mol. The fourth-order valence-corrected chi connectivity index (χ4v) is 1.94. The van der Waals surface area contributed by atoms with E-state index in [0.29, 0.717) is 19.7 Å². The number of hydrogen-bond donors (Lipinski definition) is 1. The summed E-state index contributed by atoms with van der Waals surface area (Å²) in [7, 11) is 0. The van der Waals surface area contributed by atoms with Crippen molar-refractivity contribution >= 4 is 11.8 Å². The highest BCUT2D eigenvalue weighted by molar-refractivity contribution is 5.78. The maximum absolute atomic E-state index is 12.1. The second-order valence-electron chi connectivity index (χ2n) is 3.96. The molecular formula is C11H15N3O4. The maximum atomic E-state index is 12.1. The van der Waals surface area contributed by atoms with Crippen molar-refractivity contribution in [1.29, 1.82) is 0 Å². The van der Waals surface area contributed by atoms with Gasteiger partial charge in [-0.1, -0.05) is 0 Å². The number of nitrogens with zero attached hydrogens (tertiary/aromatic N) is 3. The van der Waals surface area contributed by atoms with Crippen molar-refractivity contribution in [3.63, 3.8) is 0 Å². The maximum Gasteiger partial charge on any atom is 0.328 e. The number of hydrogen-bond acceptors (Lipinski definition) is 5. The molecule has 1 aromatic rings. The van der Waals surface area contributed by atoms with E-state index in [9.17, 15) is 9.59 Å². The molecule has 0 saturated carbocycles. The Hall–Kier alpha value is -1.89. The molecule has 2 heterocycles. The van der Waals surface area contributed by atoms with E-state index in [1.807, 2.05) is 6.92 Å². The molecule has 1 atom stereocenters. The Bertz CT molecular complexity index is 499. The van der Waals surface area contributed by atoms with Crippen LogP contribution >= 0.6 is 0 Å². The first-order valence-corrected chi connectivity index (χ1v) is 5.77. The fraction of sp³-hybridized carbons (Fsp3) is 0.545. The van der Waals surface area contributed by atoms with Crippen LogP contribution < -0.4 is 10.5 Å². The quantitative estimate of drug-likeness (QED) is 0.785. The molecule has 0 aliphatic carbocycles. The molecule has 2 rings (SSSR count). The van der Waals surface area contributed by atoms with Crippen molar-refractivity contribution in [3.8, 4) is 0 Å². The van der Waals surface area contributed by atoms with Crippen LogP contribution in [0.2, 0.25) is 0 Å². The molecule has 1 unspecified atom stereocenters. The summed E-state index contributed by atoms with van der Waals surface area (Å²) in [5.74, 6) is -0.835. The highest BCUT2D eigenvalue weighted by atomic mass is 16.5. The summed E-state index contributed by atoms with van der Waals surface area (Å²) in [5, 5.41) is 9.13. The molecule has 1 N–H and O–H groups in total. The Kier molecular flexibility index (Phi) is 3.61. The van der Waals surface area contributed by atoms with Gasteiger partial charge in [0, 0.05) is 25.5 Å². The Labute approximate surface area is 104 Å². The van der Waals surface area contributed by atoms with E-state index in [-0.39, 0.29) is 18.0 Å². The highest BCUT2D eigenvalue weighted by Gasteiger charge is 2.31. The number of carboxylic acid groups (broad SMARTS) is 1. The van der Waals surface area contributed by atoms with Crippen LogP contribution in [-0.2, 0) is 16.1 Å². The molecule has 18 heavy (non-hydrogen) atoms. The van der Waals surface area contributed by atoms with Gasteiger partial charge in [-0.2, -0.15) is 0 Å². The molecule has 1 aliphatic heterocycles. The minimum Gasteiger partial charge on any atom is -0.480 e.